The number of hydrogen-bond acceptors (Lipinski definition) is 3. The van der Waals surface area contributed by atoms with Crippen molar-refractivity contribution in [1.82, 2.24) is 16.0 Å². The van der Waals surface area contributed by atoms with Gasteiger partial charge in [-0.3, -0.25) is 14.9 Å². The van der Waals surface area contributed by atoms with E-state index in [1.165, 1.54) is 12.1 Å². The molecule has 1 aromatic carbocycles. The van der Waals surface area contributed by atoms with Crippen LogP contribution in [0.1, 0.15) is 44.7 Å². The minimum atomic E-state index is -2.91. The number of nitrogens with one attached hydrogen (secondary N) is 3. The van der Waals surface area contributed by atoms with E-state index in [-0.39, 0.29) is 23.9 Å². The molecule has 6 nitrogen and oxygen atoms in total. The summed E-state index contributed by atoms with van der Waals surface area (Å²) in [6.45, 7) is 4.37. The minimum absolute atomic E-state index is 0.0191. The van der Waals surface area contributed by atoms with Crippen molar-refractivity contribution in [2.75, 3.05) is 6.54 Å². The van der Waals surface area contributed by atoms with Crippen LogP contribution in [0.5, 0.6) is 0 Å². The summed E-state index contributed by atoms with van der Waals surface area (Å²) in [6.07, 6.45) is 1.99. The first-order valence-corrected chi connectivity index (χ1v) is 9.33. The molecule has 0 bridgehead atoms. The van der Waals surface area contributed by atoms with Gasteiger partial charge < -0.3 is 10.6 Å². The Morgan fingerprint density at radius 3 is 2.25 bits per heavy atom. The van der Waals surface area contributed by atoms with Crippen LogP contribution < -0.4 is 16.0 Å². The Bertz CT molecular complexity index is 798. The van der Waals surface area contributed by atoms with Gasteiger partial charge in [-0.05, 0) is 30.7 Å². The van der Waals surface area contributed by atoms with E-state index < -0.39 is 28.8 Å². The first kappa shape index (κ1) is 20.2. The van der Waals surface area contributed by atoms with Gasteiger partial charge in [-0.25, -0.2) is 13.6 Å². The smallest absolute Gasteiger partial charge is 0.322 e. The second kappa shape index (κ2) is 6.83. The monoisotopic (exact) mass is 393 g/mol. The Kier molecular flexibility index (Phi) is 4.93. The highest BCUT2D eigenvalue weighted by Crippen LogP contribution is 2.41. The van der Waals surface area contributed by atoms with E-state index in [1.54, 1.807) is 26.0 Å². The lowest BCUT2D eigenvalue weighted by Crippen LogP contribution is -2.58. The average molecular weight is 393 g/mol. The largest absolute Gasteiger partial charge is 0.353 e. The summed E-state index contributed by atoms with van der Waals surface area (Å²) in [5.41, 5.74) is -1.22. The summed E-state index contributed by atoms with van der Waals surface area (Å²) in [5, 5.41) is 7.72. The molecule has 8 heteroatoms. The first-order chi connectivity index (χ1) is 12.9. The van der Waals surface area contributed by atoms with E-state index in [4.69, 9.17) is 0 Å². The Labute approximate surface area is 162 Å². The standard InChI is InChI=1S/C20H25F2N3O3/c1-18(2,10-12-4-6-13(7-5-12)19(3,21)22)15(26)23-11-20(14-8-9-14)16(27)24-17(28)25-20/h4-7,14H,8-11H2,1-3H3,(H,23,26)(H2,24,25,27,28). The van der Waals surface area contributed by atoms with Crippen molar-refractivity contribution >= 4 is 17.8 Å². The van der Waals surface area contributed by atoms with Gasteiger partial charge in [0.15, 0.2) is 0 Å². The molecule has 1 saturated heterocycles. The molecular formula is C20H25F2N3O3. The molecule has 28 heavy (non-hydrogen) atoms. The van der Waals surface area contributed by atoms with Crippen molar-refractivity contribution in [2.45, 2.75) is 51.5 Å². The summed E-state index contributed by atoms with van der Waals surface area (Å²) >= 11 is 0. The Hall–Kier alpha value is -2.51. The predicted octanol–water partition coefficient (Wildman–Crippen LogP) is 2.47. The summed E-state index contributed by atoms with van der Waals surface area (Å²) < 4.78 is 26.7. The zero-order valence-corrected chi connectivity index (χ0v) is 16.2. The number of carbonyl (C=O) groups is 3. The number of alkyl halides is 2. The summed E-state index contributed by atoms with van der Waals surface area (Å²) in [4.78, 5) is 36.6. The Morgan fingerprint density at radius 2 is 1.79 bits per heavy atom. The number of hydrogen-bond donors (Lipinski definition) is 3. The van der Waals surface area contributed by atoms with Crippen molar-refractivity contribution in [3.8, 4) is 0 Å². The molecule has 1 aliphatic carbocycles. The molecular weight excluding hydrogens is 368 g/mol. The van der Waals surface area contributed by atoms with E-state index in [1.807, 2.05) is 0 Å². The molecule has 1 heterocycles. The van der Waals surface area contributed by atoms with Crippen molar-refractivity contribution < 1.29 is 23.2 Å². The zero-order chi connectivity index (χ0) is 20.7. The molecule has 1 aliphatic heterocycles. The van der Waals surface area contributed by atoms with E-state index in [0.29, 0.717) is 6.42 Å². The number of rotatable bonds is 7. The molecule has 1 aromatic rings. The number of carbonyl (C=O) groups excluding carboxylic acids is 3. The SMILES string of the molecule is CC(C)(Cc1ccc(C(C)(F)F)cc1)C(=O)NCC1(C2CC2)NC(=O)NC1=O. The molecule has 1 unspecified atom stereocenters. The van der Waals surface area contributed by atoms with Crippen molar-refractivity contribution in [1.29, 1.82) is 0 Å². The van der Waals surface area contributed by atoms with E-state index >= 15 is 0 Å². The van der Waals surface area contributed by atoms with Crippen LogP contribution in [0.25, 0.3) is 0 Å². The zero-order valence-electron chi connectivity index (χ0n) is 16.2. The lowest BCUT2D eigenvalue weighted by molar-refractivity contribution is -0.130. The fourth-order valence-corrected chi connectivity index (χ4v) is 3.60. The second-order valence-electron chi connectivity index (χ2n) is 8.48. The number of amides is 4. The van der Waals surface area contributed by atoms with E-state index in [0.717, 1.165) is 25.3 Å². The molecule has 0 spiro atoms. The van der Waals surface area contributed by atoms with E-state index in [9.17, 15) is 23.2 Å². The third-order valence-electron chi connectivity index (χ3n) is 5.49. The topological polar surface area (TPSA) is 87.3 Å². The van der Waals surface area contributed by atoms with Crippen LogP contribution in [0.3, 0.4) is 0 Å². The van der Waals surface area contributed by atoms with Crippen LogP contribution in [-0.4, -0.2) is 29.9 Å². The highest BCUT2D eigenvalue weighted by atomic mass is 19.3. The summed E-state index contributed by atoms with van der Waals surface area (Å²) in [6, 6.07) is 5.38. The van der Waals surface area contributed by atoms with Crippen LogP contribution in [0, 0.1) is 11.3 Å². The number of imide groups is 1. The van der Waals surface area contributed by atoms with Crippen LogP contribution in [0.4, 0.5) is 13.6 Å². The van der Waals surface area contributed by atoms with Gasteiger partial charge in [0.2, 0.25) is 5.91 Å². The molecule has 3 N–H and O–H groups in total. The highest BCUT2D eigenvalue weighted by molar-refractivity contribution is 6.07. The maximum atomic E-state index is 13.3. The van der Waals surface area contributed by atoms with Gasteiger partial charge in [-0.1, -0.05) is 38.1 Å². The fourth-order valence-electron chi connectivity index (χ4n) is 3.60. The van der Waals surface area contributed by atoms with Gasteiger partial charge in [-0.2, -0.15) is 0 Å². The number of urea groups is 1. The molecule has 2 aliphatic rings. The van der Waals surface area contributed by atoms with Gasteiger partial charge in [0.05, 0.1) is 6.54 Å². The second-order valence-corrected chi connectivity index (χ2v) is 8.48. The number of halogens is 2. The molecule has 4 amide bonds. The molecule has 1 atom stereocenters. The summed E-state index contributed by atoms with van der Waals surface area (Å²) in [5.74, 6) is -3.57. The van der Waals surface area contributed by atoms with Gasteiger partial charge in [-0.15, -0.1) is 0 Å². The molecule has 0 radical (unpaired) electrons. The summed E-state index contributed by atoms with van der Waals surface area (Å²) in [7, 11) is 0. The fraction of sp³-hybridized carbons (Fsp3) is 0.550. The Morgan fingerprint density at radius 1 is 1.18 bits per heavy atom. The van der Waals surface area contributed by atoms with Crippen LogP contribution >= 0.6 is 0 Å². The van der Waals surface area contributed by atoms with Gasteiger partial charge in [0.25, 0.3) is 11.8 Å². The normalized spacial score (nSPS) is 22.6. The third-order valence-corrected chi connectivity index (χ3v) is 5.49. The lowest BCUT2D eigenvalue weighted by Gasteiger charge is -2.29. The van der Waals surface area contributed by atoms with Crippen LogP contribution in [0.15, 0.2) is 24.3 Å². The van der Waals surface area contributed by atoms with Crippen LogP contribution in [0.2, 0.25) is 0 Å². The highest BCUT2D eigenvalue weighted by Gasteiger charge is 2.56. The van der Waals surface area contributed by atoms with Crippen molar-refractivity contribution in [2.24, 2.45) is 11.3 Å². The molecule has 152 valence electrons. The van der Waals surface area contributed by atoms with E-state index in [2.05, 4.69) is 16.0 Å². The quantitative estimate of drug-likeness (QED) is 0.622. The van der Waals surface area contributed by atoms with Gasteiger partial charge in [0.1, 0.15) is 5.54 Å². The molecule has 3 rings (SSSR count). The molecule has 2 fully saturated rings. The molecule has 1 saturated carbocycles. The molecule has 0 aromatic heterocycles. The predicted molar refractivity (Wildman–Crippen MR) is 98.6 cm³/mol. The maximum Gasteiger partial charge on any atom is 0.322 e. The van der Waals surface area contributed by atoms with Gasteiger partial charge >= 0.3 is 6.03 Å². The van der Waals surface area contributed by atoms with Gasteiger partial charge in [0, 0.05) is 17.9 Å². The Balaban J connectivity index is 1.64. The average Bonchev–Trinajstić information content (AvgIpc) is 3.38. The minimum Gasteiger partial charge on any atom is -0.353 e. The maximum absolute atomic E-state index is 13.3. The third kappa shape index (κ3) is 4.00. The lowest BCUT2D eigenvalue weighted by atomic mass is 9.84. The number of benzene rings is 1. The first-order valence-electron chi connectivity index (χ1n) is 9.33. The van der Waals surface area contributed by atoms with Crippen molar-refractivity contribution in [3.05, 3.63) is 35.4 Å². The van der Waals surface area contributed by atoms with Crippen molar-refractivity contribution in [3.63, 3.8) is 0 Å². The van der Waals surface area contributed by atoms with Crippen LogP contribution in [-0.2, 0) is 21.9 Å².